The molecule has 0 heterocycles. The minimum absolute atomic E-state index is 0.0161. The van der Waals surface area contributed by atoms with Crippen LogP contribution < -0.4 is 16.1 Å². The van der Waals surface area contributed by atoms with E-state index in [2.05, 4.69) is 40.4 Å². The van der Waals surface area contributed by atoms with Crippen molar-refractivity contribution >= 4 is 29.5 Å². The monoisotopic (exact) mass is 978 g/mol. The van der Waals surface area contributed by atoms with Crippen LogP contribution in [-0.2, 0) is 95.4 Å². The zero-order valence-electron chi connectivity index (χ0n) is 41.0. The largest absolute Gasteiger partial charge is 0.382 e. The Hall–Kier alpha value is -4.41. The van der Waals surface area contributed by atoms with Crippen LogP contribution in [0.5, 0.6) is 0 Å². The molecule has 0 radical (unpaired) electrons. The Bertz CT molecular complexity index is 1600. The normalized spacial score (nSPS) is 11.6. The number of rotatable bonds is 46. The van der Waals surface area contributed by atoms with Gasteiger partial charge in [-0.3, -0.25) is 19.2 Å². The van der Waals surface area contributed by atoms with Crippen LogP contribution in [0.15, 0.2) is 54.6 Å². The maximum Gasteiger partial charge on any atom is 0.332 e. The summed E-state index contributed by atoms with van der Waals surface area (Å²) < 4.78 is 53.0. The van der Waals surface area contributed by atoms with Gasteiger partial charge in [-0.1, -0.05) is 54.6 Å². The number of hydrogen-bond acceptors (Lipinski definition) is 16. The Morgan fingerprint density at radius 3 is 1.45 bits per heavy atom. The number of benzene rings is 2. The zero-order valence-corrected chi connectivity index (χ0v) is 41.0. The molecule has 19 heteroatoms. The first-order valence-electron chi connectivity index (χ1n) is 24.1. The van der Waals surface area contributed by atoms with Gasteiger partial charge < -0.3 is 62.8 Å². The first kappa shape index (κ1) is 60.7. The van der Waals surface area contributed by atoms with E-state index in [-0.39, 0.29) is 70.4 Å². The Kier molecular flexibility index (Phi) is 38.4. The van der Waals surface area contributed by atoms with E-state index in [1.54, 1.807) is 14.2 Å². The Morgan fingerprint density at radius 2 is 0.928 bits per heavy atom. The fraction of sp³-hybridized carbons (Fsp3) is 0.660. The number of carbonyl (C=O) groups excluding carboxylic acids is 5. The number of hydrogen-bond donors (Lipinski definition) is 3. The summed E-state index contributed by atoms with van der Waals surface area (Å²) in [7, 11) is 3.22. The molecule has 1 atom stereocenters. The van der Waals surface area contributed by atoms with E-state index in [9.17, 15) is 24.0 Å². The molecule has 0 unspecified atom stereocenters. The van der Waals surface area contributed by atoms with Crippen LogP contribution in [0.25, 0.3) is 0 Å². The summed E-state index contributed by atoms with van der Waals surface area (Å²) in [6.45, 7) is 6.35. The molecular formula is C50H79N3O16. The molecule has 69 heavy (non-hydrogen) atoms. The number of methoxy groups -OCH3 is 2. The van der Waals surface area contributed by atoms with Gasteiger partial charge in [-0.15, -0.1) is 0 Å². The second-order valence-corrected chi connectivity index (χ2v) is 15.7. The molecule has 0 bridgehead atoms. The van der Waals surface area contributed by atoms with Crippen molar-refractivity contribution < 1.29 is 76.2 Å². The topological polar surface area (TPSA) is 223 Å². The first-order chi connectivity index (χ1) is 33.8. The summed E-state index contributed by atoms with van der Waals surface area (Å²) in [5, 5.41) is 5.53. The number of carbonyl (C=O) groups is 5. The minimum Gasteiger partial charge on any atom is -0.382 e. The van der Waals surface area contributed by atoms with Crippen LogP contribution in [0.4, 0.5) is 0 Å². The van der Waals surface area contributed by atoms with Crippen molar-refractivity contribution in [1.29, 1.82) is 0 Å². The lowest BCUT2D eigenvalue weighted by atomic mass is 10.0. The number of amides is 3. The molecule has 390 valence electrons. The van der Waals surface area contributed by atoms with Crippen molar-refractivity contribution in [3.63, 3.8) is 0 Å². The average Bonchev–Trinajstić information content (AvgIpc) is 3.35. The molecule has 3 amide bonds. The molecule has 0 aromatic heterocycles. The smallest absolute Gasteiger partial charge is 0.332 e. The van der Waals surface area contributed by atoms with E-state index in [1.165, 1.54) is 11.1 Å². The van der Waals surface area contributed by atoms with E-state index in [1.807, 2.05) is 30.3 Å². The summed E-state index contributed by atoms with van der Waals surface area (Å²) in [5.74, 6) is -2.21. The molecule has 0 aliphatic carbocycles. The average molecular weight is 978 g/mol. The van der Waals surface area contributed by atoms with Crippen LogP contribution >= 0.6 is 0 Å². The predicted octanol–water partition coefficient (Wildman–Crippen LogP) is 3.31. The molecule has 0 saturated carbocycles. The number of aryl methyl sites for hydroxylation is 2. The highest BCUT2D eigenvalue weighted by molar-refractivity contribution is 5.89. The van der Waals surface area contributed by atoms with Crippen LogP contribution in [0.1, 0.15) is 68.1 Å². The third kappa shape index (κ3) is 36.2. The van der Waals surface area contributed by atoms with E-state index in [0.29, 0.717) is 112 Å². The van der Waals surface area contributed by atoms with Crippen molar-refractivity contribution in [2.45, 2.75) is 76.7 Å². The summed E-state index contributed by atoms with van der Waals surface area (Å²) in [6, 6.07) is 17.4. The second-order valence-electron chi connectivity index (χ2n) is 15.7. The van der Waals surface area contributed by atoms with Crippen LogP contribution in [0, 0.1) is 0 Å². The SMILES string of the molecule is COCCOCCOCCOCCOCC(=O)NCCCC[C@H](NC(=O)COCCOCCOCCOCCOC)C(=O)CCCC(=O)ONC(=O)Cc1ccc(CCCCc2ccccc2)cc1. The van der Waals surface area contributed by atoms with Crippen molar-refractivity contribution in [2.24, 2.45) is 0 Å². The molecule has 2 rings (SSSR count). The zero-order chi connectivity index (χ0) is 49.7. The number of nitrogens with one attached hydrogen (secondary N) is 3. The van der Waals surface area contributed by atoms with Gasteiger partial charge >= 0.3 is 5.97 Å². The lowest BCUT2D eigenvalue weighted by Crippen LogP contribution is -2.42. The fourth-order valence-electron chi connectivity index (χ4n) is 6.33. The third-order valence-corrected chi connectivity index (χ3v) is 10.0. The van der Waals surface area contributed by atoms with E-state index < -0.39 is 23.8 Å². The van der Waals surface area contributed by atoms with Crippen molar-refractivity contribution in [3.05, 3.63) is 71.3 Å². The van der Waals surface area contributed by atoms with Gasteiger partial charge in [0.05, 0.1) is 118 Å². The lowest BCUT2D eigenvalue weighted by molar-refractivity contribution is -0.158. The molecule has 0 spiro atoms. The van der Waals surface area contributed by atoms with Crippen LogP contribution in [0.2, 0.25) is 0 Å². The van der Waals surface area contributed by atoms with E-state index in [0.717, 1.165) is 31.2 Å². The molecule has 3 N–H and O–H groups in total. The van der Waals surface area contributed by atoms with Gasteiger partial charge in [0, 0.05) is 33.6 Å². The Labute approximate surface area is 408 Å². The van der Waals surface area contributed by atoms with Crippen LogP contribution in [0.3, 0.4) is 0 Å². The number of unbranched alkanes of at least 4 members (excludes halogenated alkanes) is 2. The molecule has 2 aromatic carbocycles. The molecule has 0 aliphatic rings. The first-order valence-corrected chi connectivity index (χ1v) is 24.1. The van der Waals surface area contributed by atoms with Crippen molar-refractivity contribution in [2.75, 3.05) is 140 Å². The standard InChI is InChI=1S/C50H79N3O16/c1-59-23-25-61-27-29-63-31-33-65-35-37-67-40-48(56)51-22-9-8-15-45(52-49(57)41-68-38-36-66-34-32-64-30-28-62-26-24-60-2)46(54)16-10-17-50(58)69-53-47(55)39-44-20-18-43(19-21-44)14-7-6-13-42-11-4-3-5-12-42/h3-5,11-12,18-21,45H,6-10,13-17,22-41H2,1-2H3,(H,51,56)(H,52,57)(H,53,55)/t45-/m0/s1. The molecule has 0 fully saturated rings. The summed E-state index contributed by atoms with van der Waals surface area (Å²) in [6.07, 6.45) is 5.53. The highest BCUT2D eigenvalue weighted by Crippen LogP contribution is 2.12. The number of Topliss-reactive ketones (excluding diaryl/α,β-unsaturated/α-hetero) is 1. The van der Waals surface area contributed by atoms with Gasteiger partial charge in [-0.2, -0.15) is 5.48 Å². The molecule has 2 aromatic rings. The maximum atomic E-state index is 13.3. The lowest BCUT2D eigenvalue weighted by Gasteiger charge is -2.18. The minimum atomic E-state index is -0.844. The number of ether oxygens (including phenoxy) is 10. The Morgan fingerprint density at radius 1 is 0.464 bits per heavy atom. The molecular weight excluding hydrogens is 899 g/mol. The van der Waals surface area contributed by atoms with Crippen molar-refractivity contribution in [3.8, 4) is 0 Å². The van der Waals surface area contributed by atoms with Gasteiger partial charge in [0.2, 0.25) is 11.8 Å². The Balaban J connectivity index is 1.66. The highest BCUT2D eigenvalue weighted by Gasteiger charge is 2.21. The van der Waals surface area contributed by atoms with Crippen LogP contribution in [-0.4, -0.2) is 175 Å². The molecule has 19 nitrogen and oxygen atoms in total. The van der Waals surface area contributed by atoms with E-state index in [4.69, 9.17) is 52.2 Å². The maximum absolute atomic E-state index is 13.3. The summed E-state index contributed by atoms with van der Waals surface area (Å²) >= 11 is 0. The molecule has 0 saturated heterocycles. The summed E-state index contributed by atoms with van der Waals surface area (Å²) in [5.41, 5.74) is 5.51. The number of ketones is 1. The second kappa shape index (κ2) is 43.6. The fourth-order valence-corrected chi connectivity index (χ4v) is 6.33. The molecule has 0 aliphatic heterocycles. The van der Waals surface area contributed by atoms with Crippen molar-refractivity contribution in [1.82, 2.24) is 16.1 Å². The van der Waals surface area contributed by atoms with Gasteiger partial charge in [0.15, 0.2) is 5.78 Å². The number of hydroxylamine groups is 1. The van der Waals surface area contributed by atoms with Gasteiger partial charge in [0.25, 0.3) is 5.91 Å². The summed E-state index contributed by atoms with van der Waals surface area (Å²) in [4.78, 5) is 68.3. The van der Waals surface area contributed by atoms with Gasteiger partial charge in [-0.25, -0.2) is 4.79 Å². The third-order valence-electron chi connectivity index (χ3n) is 10.0. The van der Waals surface area contributed by atoms with E-state index >= 15 is 0 Å². The highest BCUT2D eigenvalue weighted by atomic mass is 16.7. The predicted molar refractivity (Wildman–Crippen MR) is 255 cm³/mol. The van der Waals surface area contributed by atoms with Gasteiger partial charge in [0.1, 0.15) is 13.2 Å². The van der Waals surface area contributed by atoms with Gasteiger partial charge in [-0.05, 0) is 68.1 Å². The quantitative estimate of drug-likeness (QED) is 0.0640.